The molecule has 1 amide bonds. The molecule has 1 saturated heterocycles. The van der Waals surface area contributed by atoms with Gasteiger partial charge in [0.25, 0.3) is 0 Å². The molecule has 39 heavy (non-hydrogen) atoms. The number of nitrogens with zero attached hydrogens (tertiary/aromatic N) is 3. The third kappa shape index (κ3) is 5.54. The maximum absolute atomic E-state index is 12.3. The molecule has 4 aromatic rings. The summed E-state index contributed by atoms with van der Waals surface area (Å²) in [5.74, 6) is 0.527. The minimum Gasteiger partial charge on any atom is -0.497 e. The first-order chi connectivity index (χ1) is 19.0. The third-order valence-electron chi connectivity index (χ3n) is 8.03. The Hall–Kier alpha value is -3.74. The summed E-state index contributed by atoms with van der Waals surface area (Å²) in [7, 11) is 1.70. The fourth-order valence-electron chi connectivity index (χ4n) is 6.10. The lowest BCUT2D eigenvalue weighted by molar-refractivity contribution is 0.0998. The lowest BCUT2D eigenvalue weighted by Gasteiger charge is -2.41. The molecule has 6 heteroatoms. The molecule has 1 aliphatic heterocycles. The number of nitrogens with two attached hydrogens (primary N) is 1. The maximum Gasteiger partial charge on any atom is 0.248 e. The van der Waals surface area contributed by atoms with Crippen LogP contribution in [0.1, 0.15) is 58.1 Å². The molecule has 1 aromatic heterocycles. The number of rotatable bonds is 9. The Morgan fingerprint density at radius 2 is 1.62 bits per heavy atom. The van der Waals surface area contributed by atoms with Crippen LogP contribution >= 0.6 is 0 Å². The fraction of sp³-hybridized carbons (Fsp3) is 0.333. The van der Waals surface area contributed by atoms with E-state index in [0.29, 0.717) is 5.56 Å². The first kappa shape index (κ1) is 26.9. The number of pyridine rings is 1. The van der Waals surface area contributed by atoms with Gasteiger partial charge in [0.2, 0.25) is 5.91 Å². The van der Waals surface area contributed by atoms with E-state index in [1.165, 1.54) is 22.3 Å². The van der Waals surface area contributed by atoms with Crippen LogP contribution in [0.25, 0.3) is 10.9 Å². The first-order valence-electron chi connectivity index (χ1n) is 13.9. The summed E-state index contributed by atoms with van der Waals surface area (Å²) in [6.07, 6.45) is 3.49. The van der Waals surface area contributed by atoms with E-state index in [4.69, 9.17) is 15.5 Å². The highest BCUT2D eigenvalue weighted by atomic mass is 16.5. The largest absolute Gasteiger partial charge is 0.497 e. The number of fused-ring (bicyclic) bond motifs is 1. The van der Waals surface area contributed by atoms with Crippen LogP contribution < -0.4 is 10.5 Å². The molecule has 1 unspecified atom stereocenters. The molecule has 1 aliphatic rings. The Labute approximate surface area is 231 Å². The van der Waals surface area contributed by atoms with Gasteiger partial charge in [-0.15, -0.1) is 0 Å². The number of para-hydroxylation sites is 1. The van der Waals surface area contributed by atoms with Gasteiger partial charge in [-0.3, -0.25) is 19.6 Å². The summed E-state index contributed by atoms with van der Waals surface area (Å²) in [6.45, 7) is 9.03. The topological polar surface area (TPSA) is 71.7 Å². The van der Waals surface area contributed by atoms with E-state index in [2.05, 4.69) is 66.1 Å². The summed E-state index contributed by atoms with van der Waals surface area (Å²) < 4.78 is 5.32. The lowest BCUT2D eigenvalue weighted by atomic mass is 9.85. The minimum atomic E-state index is -0.358. The molecular formula is C33H38N4O2. The summed E-state index contributed by atoms with van der Waals surface area (Å²) in [5, 5.41) is 1.14. The molecule has 0 radical (unpaired) electrons. The van der Waals surface area contributed by atoms with E-state index in [1.807, 2.05) is 30.5 Å². The van der Waals surface area contributed by atoms with Gasteiger partial charge in [-0.25, -0.2) is 0 Å². The van der Waals surface area contributed by atoms with Gasteiger partial charge in [0.1, 0.15) is 5.75 Å². The van der Waals surface area contributed by atoms with Crippen molar-refractivity contribution in [3.8, 4) is 5.75 Å². The van der Waals surface area contributed by atoms with Crippen LogP contribution in [0.3, 0.4) is 0 Å². The third-order valence-corrected chi connectivity index (χ3v) is 8.03. The number of hydrogen-bond acceptors (Lipinski definition) is 5. The van der Waals surface area contributed by atoms with Gasteiger partial charge in [0.15, 0.2) is 0 Å². The summed E-state index contributed by atoms with van der Waals surface area (Å²) >= 11 is 0. The molecule has 0 bridgehead atoms. The second-order valence-corrected chi connectivity index (χ2v) is 10.2. The van der Waals surface area contributed by atoms with Gasteiger partial charge in [-0.2, -0.15) is 0 Å². The Balaban J connectivity index is 1.51. The average molecular weight is 523 g/mol. The van der Waals surface area contributed by atoms with Crippen molar-refractivity contribution in [3.05, 3.63) is 106 Å². The van der Waals surface area contributed by atoms with Gasteiger partial charge in [-0.05, 0) is 59.4 Å². The minimum absolute atomic E-state index is 0.0360. The van der Waals surface area contributed by atoms with Crippen molar-refractivity contribution in [1.29, 1.82) is 0 Å². The molecule has 2 N–H and O–H groups in total. The number of hydrogen-bond donors (Lipinski definition) is 1. The first-order valence-corrected chi connectivity index (χ1v) is 13.9. The van der Waals surface area contributed by atoms with Crippen molar-refractivity contribution in [2.24, 2.45) is 5.73 Å². The van der Waals surface area contributed by atoms with E-state index in [0.717, 1.165) is 67.8 Å². The molecule has 202 valence electrons. The maximum atomic E-state index is 12.3. The van der Waals surface area contributed by atoms with Crippen LogP contribution in [0.4, 0.5) is 0 Å². The number of piperazine rings is 1. The van der Waals surface area contributed by atoms with Gasteiger partial charge in [0, 0.05) is 55.4 Å². The fourth-order valence-corrected chi connectivity index (χ4v) is 6.10. The van der Waals surface area contributed by atoms with Crippen LogP contribution in [0.2, 0.25) is 0 Å². The molecule has 0 aliphatic carbocycles. The van der Waals surface area contributed by atoms with Crippen molar-refractivity contribution in [2.75, 3.05) is 33.3 Å². The molecule has 0 saturated carbocycles. The van der Waals surface area contributed by atoms with E-state index >= 15 is 0 Å². The van der Waals surface area contributed by atoms with Crippen LogP contribution in [0.5, 0.6) is 5.75 Å². The van der Waals surface area contributed by atoms with Crippen LogP contribution in [-0.2, 0) is 19.4 Å². The number of aromatic nitrogens is 1. The highest BCUT2D eigenvalue weighted by Crippen LogP contribution is 2.37. The van der Waals surface area contributed by atoms with Crippen molar-refractivity contribution in [2.45, 2.75) is 39.3 Å². The van der Waals surface area contributed by atoms with Crippen molar-refractivity contribution >= 4 is 16.8 Å². The Morgan fingerprint density at radius 3 is 2.28 bits per heavy atom. The lowest BCUT2D eigenvalue weighted by Crippen LogP contribution is -2.47. The predicted molar refractivity (Wildman–Crippen MR) is 157 cm³/mol. The predicted octanol–water partition coefficient (Wildman–Crippen LogP) is 5.37. The summed E-state index contributed by atoms with van der Waals surface area (Å²) in [5.41, 5.74) is 13.5. The summed E-state index contributed by atoms with van der Waals surface area (Å²) in [6, 6.07) is 23.1. The second kappa shape index (κ2) is 12.0. The normalized spacial score (nSPS) is 15.4. The zero-order chi connectivity index (χ0) is 27.4. The number of primary amides is 1. The second-order valence-electron chi connectivity index (χ2n) is 10.2. The number of amides is 1. The van der Waals surface area contributed by atoms with E-state index in [-0.39, 0.29) is 11.9 Å². The molecule has 1 atom stereocenters. The number of carbonyl (C=O) groups excluding carboxylic acids is 1. The van der Waals surface area contributed by atoms with Gasteiger partial charge in [0.05, 0.1) is 18.7 Å². The van der Waals surface area contributed by atoms with Crippen LogP contribution in [0, 0.1) is 0 Å². The SMILES string of the molecule is CCc1c(C(N)=O)ccc(C(c2cccc3cccnc23)N2CCN(Cc3ccc(OC)cc3)CC2)c1CC. The van der Waals surface area contributed by atoms with Gasteiger partial charge >= 0.3 is 0 Å². The molecule has 3 aromatic carbocycles. The zero-order valence-corrected chi connectivity index (χ0v) is 23.2. The number of carbonyl (C=O) groups is 1. The molecule has 5 rings (SSSR count). The standard InChI is InChI=1S/C33H38N4O2/c1-4-26-27(5-2)29(33(34)38)16-15-28(26)32(30-10-6-8-24-9-7-17-35-31(24)30)37-20-18-36(19-21-37)22-23-11-13-25(39-3)14-12-23/h6-17,32H,4-5,18-22H2,1-3H3,(H2,34,38). The number of benzene rings is 3. The van der Waals surface area contributed by atoms with E-state index < -0.39 is 0 Å². The molecule has 6 nitrogen and oxygen atoms in total. The van der Waals surface area contributed by atoms with Crippen LogP contribution in [0.15, 0.2) is 72.9 Å². The van der Waals surface area contributed by atoms with Crippen LogP contribution in [-0.4, -0.2) is 54.0 Å². The number of ether oxygens (including phenoxy) is 1. The highest BCUT2D eigenvalue weighted by Gasteiger charge is 2.30. The van der Waals surface area contributed by atoms with Gasteiger partial charge < -0.3 is 10.5 Å². The summed E-state index contributed by atoms with van der Waals surface area (Å²) in [4.78, 5) is 22.2. The van der Waals surface area contributed by atoms with Gasteiger partial charge in [-0.1, -0.05) is 56.3 Å². The molecule has 2 heterocycles. The van der Waals surface area contributed by atoms with Crippen molar-refractivity contribution < 1.29 is 9.53 Å². The average Bonchev–Trinajstić information content (AvgIpc) is 2.98. The van der Waals surface area contributed by atoms with Crippen molar-refractivity contribution in [3.63, 3.8) is 0 Å². The zero-order valence-electron chi connectivity index (χ0n) is 23.2. The quantitative estimate of drug-likeness (QED) is 0.320. The highest BCUT2D eigenvalue weighted by molar-refractivity contribution is 5.95. The molecule has 0 spiro atoms. The Morgan fingerprint density at radius 1 is 0.897 bits per heavy atom. The molecule has 1 fully saturated rings. The molecular weight excluding hydrogens is 484 g/mol. The van der Waals surface area contributed by atoms with E-state index in [9.17, 15) is 4.79 Å². The van der Waals surface area contributed by atoms with Crippen molar-refractivity contribution in [1.82, 2.24) is 14.8 Å². The number of methoxy groups -OCH3 is 1. The Bertz CT molecular complexity index is 1440. The van der Waals surface area contributed by atoms with E-state index in [1.54, 1.807) is 7.11 Å². The monoisotopic (exact) mass is 522 g/mol. The smallest absolute Gasteiger partial charge is 0.248 e. The Kier molecular flexibility index (Phi) is 8.24.